The lowest BCUT2D eigenvalue weighted by molar-refractivity contribution is -0.123. The van der Waals surface area contributed by atoms with E-state index in [1.54, 1.807) is 17.2 Å². The van der Waals surface area contributed by atoms with Crippen LogP contribution in [0, 0.1) is 6.92 Å². The van der Waals surface area contributed by atoms with Gasteiger partial charge in [-0.2, -0.15) is 0 Å². The molecular formula is C18H20N2O4S. The molecule has 3 heterocycles. The Bertz CT molecular complexity index is 874. The molecule has 2 atom stereocenters. The Morgan fingerprint density at radius 1 is 1.12 bits per heavy atom. The van der Waals surface area contributed by atoms with E-state index in [4.69, 9.17) is 4.42 Å². The van der Waals surface area contributed by atoms with Crippen molar-refractivity contribution in [2.45, 2.75) is 25.6 Å². The zero-order chi connectivity index (χ0) is 17.6. The fraction of sp³-hybridized carbons (Fsp3) is 0.389. The molecule has 1 amide bonds. The van der Waals surface area contributed by atoms with Gasteiger partial charge in [-0.25, -0.2) is 8.42 Å². The predicted molar refractivity (Wildman–Crippen MR) is 94.0 cm³/mol. The second-order valence-corrected chi connectivity index (χ2v) is 8.95. The summed E-state index contributed by atoms with van der Waals surface area (Å²) in [5.74, 6) is 0.744. The van der Waals surface area contributed by atoms with Crippen molar-refractivity contribution in [1.82, 2.24) is 4.90 Å². The highest BCUT2D eigenvalue weighted by molar-refractivity contribution is 7.91. The molecule has 25 heavy (non-hydrogen) atoms. The van der Waals surface area contributed by atoms with Gasteiger partial charge in [-0.05, 0) is 31.2 Å². The van der Waals surface area contributed by atoms with Gasteiger partial charge in [0.15, 0.2) is 9.84 Å². The highest BCUT2D eigenvalue weighted by Gasteiger charge is 2.49. The number of anilines is 1. The van der Waals surface area contributed by atoms with Crippen molar-refractivity contribution in [1.29, 1.82) is 0 Å². The van der Waals surface area contributed by atoms with Gasteiger partial charge in [0.1, 0.15) is 5.76 Å². The third-order valence-electron chi connectivity index (χ3n) is 4.95. The van der Waals surface area contributed by atoms with Crippen LogP contribution in [0.1, 0.15) is 11.3 Å². The van der Waals surface area contributed by atoms with Crippen molar-refractivity contribution in [3.63, 3.8) is 0 Å². The van der Waals surface area contributed by atoms with Crippen LogP contribution in [0.5, 0.6) is 0 Å². The summed E-state index contributed by atoms with van der Waals surface area (Å²) < 4.78 is 30.0. The minimum Gasteiger partial charge on any atom is -0.468 e. The summed E-state index contributed by atoms with van der Waals surface area (Å²) in [6.07, 6.45) is 1.59. The number of sulfone groups is 1. The van der Waals surface area contributed by atoms with Gasteiger partial charge in [-0.1, -0.05) is 17.7 Å². The van der Waals surface area contributed by atoms with Crippen molar-refractivity contribution >= 4 is 21.4 Å². The maximum absolute atomic E-state index is 12.8. The highest BCUT2D eigenvalue weighted by Crippen LogP contribution is 2.32. The van der Waals surface area contributed by atoms with Gasteiger partial charge < -0.3 is 9.32 Å². The zero-order valence-corrected chi connectivity index (χ0v) is 14.8. The van der Waals surface area contributed by atoms with E-state index in [1.807, 2.05) is 42.2 Å². The lowest BCUT2D eigenvalue weighted by atomic mass is 10.0. The van der Waals surface area contributed by atoms with Crippen molar-refractivity contribution in [2.24, 2.45) is 0 Å². The van der Waals surface area contributed by atoms with E-state index >= 15 is 0 Å². The summed E-state index contributed by atoms with van der Waals surface area (Å²) in [4.78, 5) is 16.4. The monoisotopic (exact) mass is 360 g/mol. The normalized spacial score (nSPS) is 26.0. The van der Waals surface area contributed by atoms with E-state index in [-0.39, 0.29) is 36.0 Å². The molecule has 2 saturated heterocycles. The molecular weight excluding hydrogens is 340 g/mol. The van der Waals surface area contributed by atoms with Gasteiger partial charge >= 0.3 is 0 Å². The van der Waals surface area contributed by atoms with Crippen molar-refractivity contribution in [2.75, 3.05) is 23.0 Å². The number of hydrogen-bond acceptors (Lipinski definition) is 5. The van der Waals surface area contributed by atoms with Gasteiger partial charge in [0.25, 0.3) is 0 Å². The molecule has 7 heteroatoms. The number of aryl methyl sites for hydroxylation is 1. The average Bonchev–Trinajstić information content (AvgIpc) is 3.16. The van der Waals surface area contributed by atoms with Gasteiger partial charge in [0.05, 0.1) is 36.9 Å². The van der Waals surface area contributed by atoms with Gasteiger partial charge in [-0.3, -0.25) is 9.69 Å². The van der Waals surface area contributed by atoms with E-state index in [9.17, 15) is 13.2 Å². The molecule has 0 N–H and O–H groups in total. The Morgan fingerprint density at radius 2 is 1.84 bits per heavy atom. The van der Waals surface area contributed by atoms with Crippen LogP contribution in [0.2, 0.25) is 0 Å². The summed E-state index contributed by atoms with van der Waals surface area (Å²) in [5.41, 5.74) is 1.86. The number of piperazine rings is 1. The van der Waals surface area contributed by atoms with Crippen molar-refractivity contribution in [3.05, 3.63) is 54.0 Å². The molecule has 132 valence electrons. The SMILES string of the molecule is Cc1ccc(N2C(=O)CN(Cc3ccco3)[C@H]3CS(=O)(=O)C[C@H]32)cc1. The Balaban J connectivity index is 1.68. The molecule has 2 aliphatic heterocycles. The van der Waals surface area contributed by atoms with E-state index in [0.29, 0.717) is 6.54 Å². The van der Waals surface area contributed by atoms with Crippen LogP contribution in [0.3, 0.4) is 0 Å². The average molecular weight is 360 g/mol. The Labute approximate surface area is 146 Å². The van der Waals surface area contributed by atoms with Crippen LogP contribution < -0.4 is 4.90 Å². The van der Waals surface area contributed by atoms with E-state index in [2.05, 4.69) is 0 Å². The number of rotatable bonds is 3. The number of amides is 1. The molecule has 0 spiro atoms. The summed E-state index contributed by atoms with van der Waals surface area (Å²) in [6, 6.07) is 10.7. The first-order chi connectivity index (χ1) is 11.9. The van der Waals surface area contributed by atoms with E-state index < -0.39 is 9.84 Å². The number of carbonyl (C=O) groups excluding carboxylic acids is 1. The quantitative estimate of drug-likeness (QED) is 0.832. The Morgan fingerprint density at radius 3 is 2.52 bits per heavy atom. The highest BCUT2D eigenvalue weighted by atomic mass is 32.2. The van der Waals surface area contributed by atoms with Crippen molar-refractivity contribution < 1.29 is 17.6 Å². The summed E-state index contributed by atoms with van der Waals surface area (Å²) in [5, 5.41) is 0. The topological polar surface area (TPSA) is 70.8 Å². The molecule has 0 aliphatic carbocycles. The van der Waals surface area contributed by atoms with Crippen LogP contribution in [0.15, 0.2) is 47.1 Å². The van der Waals surface area contributed by atoms with Crippen LogP contribution in [-0.2, 0) is 21.2 Å². The molecule has 2 fully saturated rings. The summed E-state index contributed by atoms with van der Waals surface area (Å²) in [6.45, 7) is 2.61. The number of hydrogen-bond donors (Lipinski definition) is 0. The maximum atomic E-state index is 12.8. The first kappa shape index (κ1) is 16.4. The standard InChI is InChI=1S/C18H20N2O4S/c1-13-4-6-14(7-5-13)20-17-12-25(22,23)11-16(17)19(10-18(20)21)9-15-3-2-8-24-15/h2-8,16-17H,9-12H2,1H3/t16-,17+/m0/s1. The molecule has 1 aromatic heterocycles. The van der Waals surface area contributed by atoms with Crippen LogP contribution in [0.4, 0.5) is 5.69 Å². The first-order valence-corrected chi connectivity index (χ1v) is 10.1. The number of carbonyl (C=O) groups is 1. The second kappa shape index (κ2) is 6.00. The molecule has 2 aromatic rings. The molecule has 0 unspecified atom stereocenters. The summed E-state index contributed by atoms with van der Waals surface area (Å²) in [7, 11) is -3.18. The smallest absolute Gasteiger partial charge is 0.241 e. The zero-order valence-electron chi connectivity index (χ0n) is 14.0. The molecule has 1 aromatic carbocycles. The van der Waals surface area contributed by atoms with Gasteiger partial charge in [0, 0.05) is 11.7 Å². The minimum atomic E-state index is -3.18. The number of nitrogens with zero attached hydrogens (tertiary/aromatic N) is 2. The third-order valence-corrected chi connectivity index (χ3v) is 6.65. The minimum absolute atomic E-state index is 0.00589. The van der Waals surface area contributed by atoms with Gasteiger partial charge in [-0.15, -0.1) is 0 Å². The van der Waals surface area contributed by atoms with Crippen LogP contribution >= 0.6 is 0 Å². The lowest BCUT2D eigenvalue weighted by Gasteiger charge is -2.43. The number of fused-ring (bicyclic) bond motifs is 1. The fourth-order valence-corrected chi connectivity index (χ4v) is 5.76. The second-order valence-electron chi connectivity index (χ2n) is 6.80. The molecule has 0 bridgehead atoms. The molecule has 6 nitrogen and oxygen atoms in total. The van der Waals surface area contributed by atoms with Crippen molar-refractivity contribution in [3.8, 4) is 0 Å². The molecule has 0 radical (unpaired) electrons. The van der Waals surface area contributed by atoms with Crippen LogP contribution in [-0.4, -0.2) is 49.4 Å². The molecule has 4 rings (SSSR count). The third kappa shape index (κ3) is 3.09. The predicted octanol–water partition coefficient (Wildman–Crippen LogP) is 1.60. The largest absolute Gasteiger partial charge is 0.468 e. The van der Waals surface area contributed by atoms with Crippen LogP contribution in [0.25, 0.3) is 0 Å². The maximum Gasteiger partial charge on any atom is 0.241 e. The van der Waals surface area contributed by atoms with Gasteiger partial charge in [0.2, 0.25) is 5.91 Å². The Hall–Kier alpha value is -2.12. The lowest BCUT2D eigenvalue weighted by Crippen LogP contribution is -2.61. The van der Waals surface area contributed by atoms with E-state index in [1.165, 1.54) is 0 Å². The molecule has 2 aliphatic rings. The Kier molecular flexibility index (Phi) is 3.92. The number of furan rings is 1. The fourth-order valence-electron chi connectivity index (χ4n) is 3.77. The molecule has 0 saturated carbocycles. The first-order valence-electron chi connectivity index (χ1n) is 8.28. The summed E-state index contributed by atoms with van der Waals surface area (Å²) >= 11 is 0. The van der Waals surface area contributed by atoms with E-state index in [0.717, 1.165) is 17.0 Å². The number of benzene rings is 1.